The van der Waals surface area contributed by atoms with Gasteiger partial charge in [0.15, 0.2) is 0 Å². The number of piperazine rings is 1. The first-order valence-corrected chi connectivity index (χ1v) is 12.4. The van der Waals surface area contributed by atoms with Gasteiger partial charge < -0.3 is 19.9 Å². The van der Waals surface area contributed by atoms with Crippen LogP contribution in [0.15, 0.2) is 29.2 Å². The van der Waals surface area contributed by atoms with Gasteiger partial charge in [0, 0.05) is 51.9 Å². The summed E-state index contributed by atoms with van der Waals surface area (Å²) in [7, 11) is -3.91. The SMILES string of the molecule is CC(=O)Nc1ccc(S(=O)(=O)NC(C)C(=O)N2CCN(CC(=O)N3CCOCC3)CC2)cc1. The third-order valence-corrected chi connectivity index (χ3v) is 7.15. The molecular formula is C21H31N5O6S. The van der Waals surface area contributed by atoms with Crippen LogP contribution >= 0.6 is 0 Å². The van der Waals surface area contributed by atoms with Crippen LogP contribution in [-0.4, -0.2) is 106 Å². The second kappa shape index (κ2) is 11.1. The van der Waals surface area contributed by atoms with Crippen molar-refractivity contribution in [2.75, 3.05) is 64.3 Å². The van der Waals surface area contributed by atoms with Crippen molar-refractivity contribution in [3.05, 3.63) is 24.3 Å². The number of anilines is 1. The van der Waals surface area contributed by atoms with E-state index in [-0.39, 0.29) is 22.6 Å². The van der Waals surface area contributed by atoms with Gasteiger partial charge in [0.05, 0.1) is 30.7 Å². The Kier molecular flexibility index (Phi) is 8.40. The zero-order valence-corrected chi connectivity index (χ0v) is 19.8. The smallest absolute Gasteiger partial charge is 0.241 e. The molecule has 0 aromatic heterocycles. The Morgan fingerprint density at radius 1 is 0.970 bits per heavy atom. The fourth-order valence-electron chi connectivity index (χ4n) is 3.78. The van der Waals surface area contributed by atoms with E-state index in [1.165, 1.54) is 38.1 Å². The number of ether oxygens (including phenoxy) is 1. The van der Waals surface area contributed by atoms with Crippen molar-refractivity contribution in [3.8, 4) is 0 Å². The summed E-state index contributed by atoms with van der Waals surface area (Å²) in [6, 6.07) is 4.77. The van der Waals surface area contributed by atoms with Gasteiger partial charge in [-0.15, -0.1) is 0 Å². The predicted octanol–water partition coefficient (Wildman–Crippen LogP) is -0.685. The standard InChI is InChI=1S/C21H31N5O6S/c1-16(23-33(30,31)19-5-3-18(4-6-19)22-17(2)27)21(29)26-9-7-24(8-10-26)15-20(28)25-11-13-32-14-12-25/h3-6,16,23H,7-15H2,1-2H3,(H,22,27). The highest BCUT2D eigenvalue weighted by molar-refractivity contribution is 7.89. The number of amides is 3. The molecule has 2 aliphatic heterocycles. The zero-order chi connectivity index (χ0) is 24.0. The van der Waals surface area contributed by atoms with Gasteiger partial charge in [-0.05, 0) is 31.2 Å². The van der Waals surface area contributed by atoms with Crippen LogP contribution in [0.2, 0.25) is 0 Å². The normalized spacial score (nSPS) is 18.6. The molecule has 2 saturated heterocycles. The Bertz CT molecular complexity index is 954. The molecule has 3 rings (SSSR count). The number of sulfonamides is 1. The molecule has 1 unspecified atom stereocenters. The summed E-state index contributed by atoms with van der Waals surface area (Å²) < 4.78 is 33.0. The summed E-state index contributed by atoms with van der Waals surface area (Å²) >= 11 is 0. The molecule has 2 aliphatic rings. The Balaban J connectivity index is 1.48. The first-order valence-electron chi connectivity index (χ1n) is 10.9. The van der Waals surface area contributed by atoms with Gasteiger partial charge in [-0.2, -0.15) is 4.72 Å². The summed E-state index contributed by atoms with van der Waals surface area (Å²) in [6.07, 6.45) is 0. The maximum Gasteiger partial charge on any atom is 0.241 e. The number of hydrogen-bond acceptors (Lipinski definition) is 7. The Labute approximate surface area is 194 Å². The molecule has 0 radical (unpaired) electrons. The number of carbonyl (C=O) groups is 3. The molecule has 0 saturated carbocycles. The number of morpholine rings is 1. The summed E-state index contributed by atoms with van der Waals surface area (Å²) in [4.78, 5) is 41.7. The molecule has 0 spiro atoms. The van der Waals surface area contributed by atoms with Crippen LogP contribution in [0, 0.1) is 0 Å². The highest BCUT2D eigenvalue weighted by atomic mass is 32.2. The van der Waals surface area contributed by atoms with E-state index < -0.39 is 16.1 Å². The highest BCUT2D eigenvalue weighted by Gasteiger charge is 2.29. The summed E-state index contributed by atoms with van der Waals surface area (Å²) in [5, 5.41) is 2.57. The molecule has 2 heterocycles. The highest BCUT2D eigenvalue weighted by Crippen LogP contribution is 2.15. The van der Waals surface area contributed by atoms with Crippen LogP contribution in [0.3, 0.4) is 0 Å². The van der Waals surface area contributed by atoms with E-state index in [2.05, 4.69) is 10.0 Å². The van der Waals surface area contributed by atoms with Crippen LogP contribution in [-0.2, 0) is 29.1 Å². The predicted molar refractivity (Wildman–Crippen MR) is 121 cm³/mol. The molecule has 1 atom stereocenters. The Morgan fingerprint density at radius 2 is 1.58 bits per heavy atom. The van der Waals surface area contributed by atoms with E-state index in [0.29, 0.717) is 64.7 Å². The van der Waals surface area contributed by atoms with Crippen LogP contribution in [0.1, 0.15) is 13.8 Å². The largest absolute Gasteiger partial charge is 0.378 e. The monoisotopic (exact) mass is 481 g/mol. The molecule has 1 aromatic rings. The molecule has 11 nitrogen and oxygen atoms in total. The van der Waals surface area contributed by atoms with Gasteiger partial charge in [-0.25, -0.2) is 8.42 Å². The van der Waals surface area contributed by atoms with Crippen molar-refractivity contribution in [1.29, 1.82) is 0 Å². The van der Waals surface area contributed by atoms with Gasteiger partial charge in [-0.1, -0.05) is 0 Å². The lowest BCUT2D eigenvalue weighted by molar-refractivity contribution is -0.138. The number of carbonyl (C=O) groups excluding carboxylic acids is 3. The number of benzene rings is 1. The molecule has 33 heavy (non-hydrogen) atoms. The molecule has 182 valence electrons. The molecule has 0 bridgehead atoms. The van der Waals surface area contributed by atoms with Crippen molar-refractivity contribution < 1.29 is 27.5 Å². The minimum atomic E-state index is -3.91. The van der Waals surface area contributed by atoms with E-state index in [4.69, 9.17) is 4.74 Å². The fraction of sp³-hybridized carbons (Fsp3) is 0.571. The average molecular weight is 482 g/mol. The van der Waals surface area contributed by atoms with E-state index in [1.807, 2.05) is 4.90 Å². The second-order valence-corrected chi connectivity index (χ2v) is 9.86. The van der Waals surface area contributed by atoms with Crippen LogP contribution in [0.4, 0.5) is 5.69 Å². The van der Waals surface area contributed by atoms with E-state index in [1.54, 1.807) is 9.80 Å². The van der Waals surface area contributed by atoms with Crippen LogP contribution in [0.25, 0.3) is 0 Å². The first-order chi connectivity index (χ1) is 15.7. The molecule has 0 aliphatic carbocycles. The fourth-order valence-corrected chi connectivity index (χ4v) is 4.97. The molecular weight excluding hydrogens is 450 g/mol. The average Bonchev–Trinajstić information content (AvgIpc) is 2.79. The maximum absolute atomic E-state index is 12.8. The minimum Gasteiger partial charge on any atom is -0.378 e. The minimum absolute atomic E-state index is 0.00250. The summed E-state index contributed by atoms with van der Waals surface area (Å²) in [5.74, 6) is -0.509. The third-order valence-electron chi connectivity index (χ3n) is 5.59. The molecule has 2 fully saturated rings. The van der Waals surface area contributed by atoms with Crippen LogP contribution < -0.4 is 10.0 Å². The van der Waals surface area contributed by atoms with Crippen molar-refractivity contribution in [3.63, 3.8) is 0 Å². The van der Waals surface area contributed by atoms with Gasteiger partial charge >= 0.3 is 0 Å². The third kappa shape index (κ3) is 6.97. The molecule has 12 heteroatoms. The second-order valence-electron chi connectivity index (χ2n) is 8.14. The maximum atomic E-state index is 12.8. The lowest BCUT2D eigenvalue weighted by Crippen LogP contribution is -2.55. The Hall–Kier alpha value is -2.54. The van der Waals surface area contributed by atoms with Crippen molar-refractivity contribution in [2.45, 2.75) is 24.8 Å². The van der Waals surface area contributed by atoms with Crippen molar-refractivity contribution in [2.24, 2.45) is 0 Å². The number of nitrogens with one attached hydrogen (secondary N) is 2. The lowest BCUT2D eigenvalue weighted by Gasteiger charge is -2.37. The van der Waals surface area contributed by atoms with Gasteiger partial charge in [0.1, 0.15) is 0 Å². The topological polar surface area (TPSA) is 128 Å². The lowest BCUT2D eigenvalue weighted by atomic mass is 10.2. The van der Waals surface area contributed by atoms with Gasteiger partial charge in [0.2, 0.25) is 27.7 Å². The summed E-state index contributed by atoms with van der Waals surface area (Å²) in [6.45, 7) is 7.44. The van der Waals surface area contributed by atoms with E-state index >= 15 is 0 Å². The van der Waals surface area contributed by atoms with Crippen molar-refractivity contribution in [1.82, 2.24) is 19.4 Å². The first kappa shape index (κ1) is 25.1. The molecule has 2 N–H and O–H groups in total. The number of rotatable bonds is 7. The number of nitrogens with zero attached hydrogens (tertiary/aromatic N) is 3. The van der Waals surface area contributed by atoms with E-state index in [9.17, 15) is 22.8 Å². The zero-order valence-electron chi connectivity index (χ0n) is 19.0. The van der Waals surface area contributed by atoms with Gasteiger partial charge in [0.25, 0.3) is 0 Å². The van der Waals surface area contributed by atoms with E-state index in [0.717, 1.165) is 0 Å². The number of hydrogen-bond donors (Lipinski definition) is 2. The van der Waals surface area contributed by atoms with Crippen molar-refractivity contribution >= 4 is 33.4 Å². The van der Waals surface area contributed by atoms with Gasteiger partial charge in [-0.3, -0.25) is 19.3 Å². The van der Waals surface area contributed by atoms with Crippen LogP contribution in [0.5, 0.6) is 0 Å². The molecule has 3 amide bonds. The molecule has 1 aromatic carbocycles. The summed E-state index contributed by atoms with van der Waals surface area (Å²) in [5.41, 5.74) is 0.482. The Morgan fingerprint density at radius 3 is 2.15 bits per heavy atom. The quantitative estimate of drug-likeness (QED) is 0.528.